The maximum atomic E-state index is 12.5. The van der Waals surface area contributed by atoms with E-state index in [4.69, 9.17) is 0 Å². The Morgan fingerprint density at radius 1 is 1.42 bits per heavy atom. The number of nitrogens with one attached hydrogen (secondary N) is 1. The zero-order valence-corrected chi connectivity index (χ0v) is 11.4. The lowest BCUT2D eigenvalue weighted by Crippen LogP contribution is -2.41. The van der Waals surface area contributed by atoms with Crippen LogP contribution in [0, 0.1) is 0 Å². The first-order valence-electron chi connectivity index (χ1n) is 7.02. The van der Waals surface area contributed by atoms with Crippen LogP contribution >= 0.6 is 0 Å². The summed E-state index contributed by atoms with van der Waals surface area (Å²) < 4.78 is 0. The molecule has 1 aliphatic heterocycles. The minimum absolute atomic E-state index is 0.0514. The molecule has 0 aliphatic carbocycles. The number of nitrogens with zero attached hydrogens (tertiary/aromatic N) is 1. The molecule has 2 rings (SSSR count). The van der Waals surface area contributed by atoms with Gasteiger partial charge in [0.15, 0.2) is 0 Å². The molecule has 1 unspecified atom stereocenters. The number of phenols is 1. The average Bonchev–Trinajstić information content (AvgIpc) is 2.91. The fraction of sp³-hybridized carbons (Fsp3) is 0.533. The summed E-state index contributed by atoms with van der Waals surface area (Å²) in [6.07, 6.45) is 3.29. The van der Waals surface area contributed by atoms with E-state index >= 15 is 0 Å². The maximum Gasteiger partial charge on any atom is 0.253 e. The highest BCUT2D eigenvalue weighted by Gasteiger charge is 2.21. The van der Waals surface area contributed by atoms with Gasteiger partial charge in [-0.1, -0.05) is 6.92 Å². The smallest absolute Gasteiger partial charge is 0.253 e. The quantitative estimate of drug-likeness (QED) is 0.853. The Bertz CT molecular complexity index is 411. The molecule has 1 aliphatic rings. The number of rotatable bonds is 5. The molecule has 4 heteroatoms. The number of benzene rings is 1. The van der Waals surface area contributed by atoms with Gasteiger partial charge in [-0.15, -0.1) is 0 Å². The number of amides is 1. The summed E-state index contributed by atoms with van der Waals surface area (Å²) in [5, 5.41) is 12.7. The summed E-state index contributed by atoms with van der Waals surface area (Å²) in [6, 6.07) is 6.91. The zero-order chi connectivity index (χ0) is 13.7. The molecule has 0 spiro atoms. The predicted octanol–water partition coefficient (Wildman–Crippen LogP) is 2.00. The minimum Gasteiger partial charge on any atom is -0.508 e. The van der Waals surface area contributed by atoms with Gasteiger partial charge in [-0.25, -0.2) is 0 Å². The molecule has 1 amide bonds. The third kappa shape index (κ3) is 3.70. The van der Waals surface area contributed by atoms with Crippen molar-refractivity contribution in [2.45, 2.75) is 32.2 Å². The van der Waals surface area contributed by atoms with Crippen LogP contribution in [0.2, 0.25) is 0 Å². The van der Waals surface area contributed by atoms with Crippen molar-refractivity contribution in [2.75, 3.05) is 19.6 Å². The van der Waals surface area contributed by atoms with Crippen LogP contribution in [0.4, 0.5) is 0 Å². The van der Waals surface area contributed by atoms with E-state index in [-0.39, 0.29) is 11.7 Å². The van der Waals surface area contributed by atoms with E-state index < -0.39 is 0 Å². The molecule has 4 nitrogen and oxygen atoms in total. The summed E-state index contributed by atoms with van der Waals surface area (Å²) >= 11 is 0. The minimum atomic E-state index is 0.0514. The van der Waals surface area contributed by atoms with E-state index in [2.05, 4.69) is 12.2 Å². The molecule has 0 saturated carbocycles. The number of carbonyl (C=O) groups is 1. The molecule has 0 bridgehead atoms. The van der Waals surface area contributed by atoms with E-state index in [1.165, 1.54) is 6.42 Å². The molecule has 2 N–H and O–H groups in total. The fourth-order valence-electron chi connectivity index (χ4n) is 2.51. The van der Waals surface area contributed by atoms with Crippen LogP contribution in [0.5, 0.6) is 5.75 Å². The Balaban J connectivity index is 2.04. The summed E-state index contributed by atoms with van der Waals surface area (Å²) in [4.78, 5) is 14.4. The van der Waals surface area contributed by atoms with Crippen LogP contribution in [-0.2, 0) is 0 Å². The van der Waals surface area contributed by atoms with Gasteiger partial charge < -0.3 is 15.3 Å². The number of hydrogen-bond acceptors (Lipinski definition) is 3. The Kier molecular flexibility index (Phi) is 4.80. The monoisotopic (exact) mass is 262 g/mol. The second-order valence-electron chi connectivity index (χ2n) is 5.09. The Morgan fingerprint density at radius 2 is 2.16 bits per heavy atom. The highest BCUT2D eigenvalue weighted by Crippen LogP contribution is 2.14. The largest absolute Gasteiger partial charge is 0.508 e. The molecule has 1 atom stereocenters. The zero-order valence-electron chi connectivity index (χ0n) is 11.4. The molecule has 0 radical (unpaired) electrons. The molecular formula is C15H22N2O2. The first-order valence-corrected chi connectivity index (χ1v) is 7.02. The van der Waals surface area contributed by atoms with Gasteiger partial charge in [0, 0.05) is 24.7 Å². The third-order valence-corrected chi connectivity index (χ3v) is 3.50. The van der Waals surface area contributed by atoms with Crippen molar-refractivity contribution in [3.8, 4) is 5.75 Å². The maximum absolute atomic E-state index is 12.5. The van der Waals surface area contributed by atoms with E-state index in [0.29, 0.717) is 11.6 Å². The van der Waals surface area contributed by atoms with Gasteiger partial charge >= 0.3 is 0 Å². The molecule has 1 aromatic carbocycles. The lowest BCUT2D eigenvalue weighted by Gasteiger charge is -2.25. The number of phenolic OH excluding ortho intramolecular Hbond substituents is 1. The normalized spacial score (nSPS) is 18.5. The summed E-state index contributed by atoms with van der Waals surface area (Å²) in [5.74, 6) is 0.242. The Morgan fingerprint density at radius 3 is 2.74 bits per heavy atom. The van der Waals surface area contributed by atoms with Crippen LogP contribution in [0.15, 0.2) is 24.3 Å². The lowest BCUT2D eigenvalue weighted by molar-refractivity contribution is 0.0742. The average molecular weight is 262 g/mol. The Hall–Kier alpha value is -1.55. The van der Waals surface area contributed by atoms with Crippen LogP contribution in [-0.4, -0.2) is 41.6 Å². The first kappa shape index (κ1) is 13.9. The molecular weight excluding hydrogens is 240 g/mol. The Labute approximate surface area is 114 Å². The standard InChI is InChI=1S/C15H22N2O2/c1-2-10-17(11-13-4-3-9-16-13)15(19)12-5-7-14(18)8-6-12/h5-8,13,16,18H,2-4,9-11H2,1H3. The van der Waals surface area contributed by atoms with Gasteiger partial charge in [-0.3, -0.25) is 4.79 Å². The second kappa shape index (κ2) is 6.57. The van der Waals surface area contributed by atoms with Crippen molar-refractivity contribution in [1.82, 2.24) is 10.2 Å². The van der Waals surface area contributed by atoms with Crippen molar-refractivity contribution in [1.29, 1.82) is 0 Å². The summed E-state index contributed by atoms with van der Waals surface area (Å²) in [7, 11) is 0. The van der Waals surface area contributed by atoms with Gasteiger partial charge in [0.2, 0.25) is 0 Å². The van der Waals surface area contributed by atoms with E-state index in [1.54, 1.807) is 24.3 Å². The lowest BCUT2D eigenvalue weighted by atomic mass is 10.1. The molecule has 1 heterocycles. The van der Waals surface area contributed by atoms with E-state index in [9.17, 15) is 9.90 Å². The first-order chi connectivity index (χ1) is 9.20. The van der Waals surface area contributed by atoms with Crippen molar-refractivity contribution in [3.63, 3.8) is 0 Å². The fourth-order valence-corrected chi connectivity index (χ4v) is 2.51. The SMILES string of the molecule is CCCN(CC1CCCN1)C(=O)c1ccc(O)cc1. The van der Waals surface area contributed by atoms with Crippen LogP contribution in [0.3, 0.4) is 0 Å². The number of hydrogen-bond donors (Lipinski definition) is 2. The molecule has 1 fully saturated rings. The van der Waals surface area contributed by atoms with Crippen LogP contribution in [0.1, 0.15) is 36.5 Å². The number of carbonyl (C=O) groups excluding carboxylic acids is 1. The van der Waals surface area contributed by atoms with E-state index in [0.717, 1.165) is 32.5 Å². The van der Waals surface area contributed by atoms with E-state index in [1.807, 2.05) is 4.90 Å². The van der Waals surface area contributed by atoms with Crippen molar-refractivity contribution < 1.29 is 9.90 Å². The molecule has 19 heavy (non-hydrogen) atoms. The van der Waals surface area contributed by atoms with Gasteiger partial charge in [-0.05, 0) is 50.1 Å². The van der Waals surface area contributed by atoms with Gasteiger partial charge in [0.1, 0.15) is 5.75 Å². The second-order valence-corrected chi connectivity index (χ2v) is 5.09. The topological polar surface area (TPSA) is 52.6 Å². The van der Waals surface area contributed by atoms with Gasteiger partial charge in [0.25, 0.3) is 5.91 Å². The molecule has 104 valence electrons. The molecule has 1 aromatic rings. The third-order valence-electron chi connectivity index (χ3n) is 3.50. The van der Waals surface area contributed by atoms with Gasteiger partial charge in [0.05, 0.1) is 0 Å². The molecule has 1 saturated heterocycles. The summed E-state index contributed by atoms with van der Waals surface area (Å²) in [6.45, 7) is 4.68. The highest BCUT2D eigenvalue weighted by atomic mass is 16.3. The van der Waals surface area contributed by atoms with Crippen molar-refractivity contribution in [3.05, 3.63) is 29.8 Å². The van der Waals surface area contributed by atoms with Crippen LogP contribution in [0.25, 0.3) is 0 Å². The van der Waals surface area contributed by atoms with Crippen molar-refractivity contribution >= 4 is 5.91 Å². The van der Waals surface area contributed by atoms with Gasteiger partial charge in [-0.2, -0.15) is 0 Å². The predicted molar refractivity (Wildman–Crippen MR) is 75.3 cm³/mol. The van der Waals surface area contributed by atoms with Crippen molar-refractivity contribution in [2.24, 2.45) is 0 Å². The molecule has 0 aromatic heterocycles. The summed E-state index contributed by atoms with van der Waals surface area (Å²) in [5.41, 5.74) is 0.643. The van der Waals surface area contributed by atoms with Crippen LogP contribution < -0.4 is 5.32 Å². The highest BCUT2D eigenvalue weighted by molar-refractivity contribution is 5.94. The number of aromatic hydroxyl groups is 1.